The summed E-state index contributed by atoms with van der Waals surface area (Å²) in [6, 6.07) is 2.60. The second-order valence-corrected chi connectivity index (χ2v) is 4.66. The molecule has 0 spiro atoms. The first-order chi connectivity index (χ1) is 8.89. The molecule has 0 aliphatic carbocycles. The van der Waals surface area contributed by atoms with Crippen molar-refractivity contribution in [3.05, 3.63) is 32.8 Å². The highest BCUT2D eigenvalue weighted by Crippen LogP contribution is 2.31. The van der Waals surface area contributed by atoms with Crippen molar-refractivity contribution in [1.29, 1.82) is 0 Å². The topological polar surface area (TPSA) is 116 Å². The van der Waals surface area contributed by atoms with Gasteiger partial charge < -0.3 is 20.6 Å². The summed E-state index contributed by atoms with van der Waals surface area (Å²) in [6.45, 7) is 0.0959. The molecule has 0 aromatic heterocycles. The van der Waals surface area contributed by atoms with Crippen LogP contribution in [-0.2, 0) is 0 Å². The van der Waals surface area contributed by atoms with E-state index in [9.17, 15) is 25.4 Å². The molecule has 0 unspecified atom stereocenters. The molecule has 0 saturated carbocycles. The maximum atomic E-state index is 10.7. The number of anilines is 1. The molecule has 0 saturated heterocycles. The monoisotopic (exact) mass is 290 g/mol. The molecule has 1 aromatic carbocycles. The molecule has 0 bridgehead atoms. The molecule has 19 heavy (non-hydrogen) atoms. The molecule has 0 aliphatic heterocycles. The number of nitro benzene ring substituents is 1. The van der Waals surface area contributed by atoms with Crippen LogP contribution in [0.4, 0.5) is 11.4 Å². The van der Waals surface area contributed by atoms with Crippen LogP contribution in [0.25, 0.3) is 0 Å². The minimum Gasteiger partial charge on any atom is -0.394 e. The summed E-state index contributed by atoms with van der Waals surface area (Å²) in [5.41, 5.74) is -0.639. The Morgan fingerprint density at radius 2 is 1.84 bits per heavy atom. The Balaban J connectivity index is 3.16. The Morgan fingerprint density at radius 3 is 2.26 bits per heavy atom. The van der Waals surface area contributed by atoms with Gasteiger partial charge in [-0.15, -0.1) is 0 Å². The molecular formula is C11H15ClN2O5. The third kappa shape index (κ3) is 3.32. The number of hydrogen-bond acceptors (Lipinski definition) is 6. The third-order valence-electron chi connectivity index (χ3n) is 2.80. The van der Waals surface area contributed by atoms with Crippen LogP contribution in [0.1, 0.15) is 5.56 Å². The van der Waals surface area contributed by atoms with Crippen LogP contribution in [0, 0.1) is 17.0 Å². The van der Waals surface area contributed by atoms with Crippen LogP contribution in [0.5, 0.6) is 0 Å². The smallest absolute Gasteiger partial charge is 0.288 e. The SMILES string of the molecule is Cc1cc([N+](=O)[O-])c(Cl)cc1NC(CO)(CO)CO. The summed E-state index contributed by atoms with van der Waals surface area (Å²) >= 11 is 5.79. The Morgan fingerprint density at radius 1 is 1.32 bits per heavy atom. The lowest BCUT2D eigenvalue weighted by Gasteiger charge is -2.30. The van der Waals surface area contributed by atoms with Gasteiger partial charge >= 0.3 is 0 Å². The molecule has 0 atom stereocenters. The summed E-state index contributed by atoms with van der Waals surface area (Å²) in [7, 11) is 0. The van der Waals surface area contributed by atoms with Gasteiger partial charge in [-0.1, -0.05) is 11.6 Å². The van der Waals surface area contributed by atoms with Crippen molar-refractivity contribution in [2.75, 3.05) is 25.1 Å². The Kier molecular flexibility index (Phi) is 5.07. The van der Waals surface area contributed by atoms with Gasteiger partial charge in [0.05, 0.1) is 24.7 Å². The maximum Gasteiger partial charge on any atom is 0.288 e. The van der Waals surface area contributed by atoms with Gasteiger partial charge in [-0.2, -0.15) is 0 Å². The number of aliphatic hydroxyl groups is 3. The number of nitrogens with one attached hydrogen (secondary N) is 1. The van der Waals surface area contributed by atoms with Crippen LogP contribution in [0.2, 0.25) is 5.02 Å². The van der Waals surface area contributed by atoms with E-state index in [0.29, 0.717) is 11.3 Å². The van der Waals surface area contributed by atoms with Gasteiger partial charge in [0.2, 0.25) is 0 Å². The summed E-state index contributed by atoms with van der Waals surface area (Å²) < 4.78 is 0. The Bertz CT molecular complexity index is 468. The van der Waals surface area contributed by atoms with E-state index in [1.54, 1.807) is 6.92 Å². The molecule has 1 aromatic rings. The molecule has 0 aliphatic rings. The van der Waals surface area contributed by atoms with Crippen LogP contribution in [-0.4, -0.2) is 45.6 Å². The van der Waals surface area contributed by atoms with Crippen molar-refractivity contribution >= 4 is 23.0 Å². The van der Waals surface area contributed by atoms with Crippen molar-refractivity contribution < 1.29 is 20.2 Å². The van der Waals surface area contributed by atoms with E-state index < -0.39 is 30.3 Å². The molecule has 8 heteroatoms. The summed E-state index contributed by atoms with van der Waals surface area (Å²) in [5.74, 6) is 0. The lowest BCUT2D eigenvalue weighted by molar-refractivity contribution is -0.384. The van der Waals surface area contributed by atoms with Crippen LogP contribution in [0.3, 0.4) is 0 Å². The van der Waals surface area contributed by atoms with E-state index in [4.69, 9.17) is 11.6 Å². The summed E-state index contributed by atoms with van der Waals surface area (Å²) in [6.07, 6.45) is 0. The molecule has 0 amide bonds. The van der Waals surface area contributed by atoms with Crippen molar-refractivity contribution in [2.45, 2.75) is 12.5 Å². The highest BCUT2D eigenvalue weighted by Gasteiger charge is 2.29. The van der Waals surface area contributed by atoms with Gasteiger partial charge in [0, 0.05) is 11.8 Å². The number of rotatable bonds is 6. The number of aliphatic hydroxyl groups excluding tert-OH is 3. The first kappa shape index (κ1) is 15.6. The number of nitrogens with zero attached hydrogens (tertiary/aromatic N) is 1. The molecular weight excluding hydrogens is 276 g/mol. The van der Waals surface area contributed by atoms with Crippen LogP contribution in [0.15, 0.2) is 12.1 Å². The van der Waals surface area contributed by atoms with Crippen LogP contribution >= 0.6 is 11.6 Å². The highest BCUT2D eigenvalue weighted by atomic mass is 35.5. The highest BCUT2D eigenvalue weighted by molar-refractivity contribution is 6.33. The van der Waals surface area contributed by atoms with E-state index in [0.717, 1.165) is 0 Å². The average molecular weight is 291 g/mol. The van der Waals surface area contributed by atoms with E-state index in [1.165, 1.54) is 12.1 Å². The van der Waals surface area contributed by atoms with Crippen molar-refractivity contribution in [3.8, 4) is 0 Å². The molecule has 0 fully saturated rings. The standard InChI is InChI=1S/C11H15ClN2O5/c1-7-2-10(14(18)19)8(12)3-9(7)13-11(4-15,5-16)6-17/h2-3,13,15-17H,4-6H2,1H3. The second-order valence-electron chi connectivity index (χ2n) is 4.26. The van der Waals surface area contributed by atoms with E-state index in [-0.39, 0.29) is 10.7 Å². The number of benzene rings is 1. The number of hydrogen-bond donors (Lipinski definition) is 4. The van der Waals surface area contributed by atoms with Gasteiger partial charge in [0.1, 0.15) is 10.6 Å². The zero-order chi connectivity index (χ0) is 14.6. The first-order valence-electron chi connectivity index (χ1n) is 5.44. The Hall–Kier alpha value is -1.41. The molecule has 0 radical (unpaired) electrons. The molecule has 4 N–H and O–H groups in total. The Labute approximate surface area is 114 Å². The quantitative estimate of drug-likeness (QED) is 0.452. The number of halogens is 1. The summed E-state index contributed by atoms with van der Waals surface area (Å²) in [5, 5.41) is 41.1. The van der Waals surface area contributed by atoms with E-state index in [2.05, 4.69) is 5.32 Å². The molecule has 0 heterocycles. The lowest BCUT2D eigenvalue weighted by Crippen LogP contribution is -2.49. The molecule has 7 nitrogen and oxygen atoms in total. The maximum absolute atomic E-state index is 10.7. The zero-order valence-corrected chi connectivity index (χ0v) is 11.0. The largest absolute Gasteiger partial charge is 0.394 e. The fourth-order valence-electron chi connectivity index (χ4n) is 1.50. The normalized spacial score (nSPS) is 11.4. The van der Waals surface area contributed by atoms with Crippen molar-refractivity contribution in [2.24, 2.45) is 0 Å². The first-order valence-corrected chi connectivity index (χ1v) is 5.82. The second kappa shape index (κ2) is 6.16. The summed E-state index contributed by atoms with van der Waals surface area (Å²) in [4.78, 5) is 10.1. The van der Waals surface area contributed by atoms with E-state index in [1.807, 2.05) is 0 Å². The fraction of sp³-hybridized carbons (Fsp3) is 0.455. The van der Waals surface area contributed by atoms with Gasteiger partial charge in [0.15, 0.2) is 0 Å². The number of aryl methyl sites for hydroxylation is 1. The van der Waals surface area contributed by atoms with Gasteiger partial charge in [0.25, 0.3) is 5.69 Å². The molecule has 106 valence electrons. The third-order valence-corrected chi connectivity index (χ3v) is 3.10. The van der Waals surface area contributed by atoms with Gasteiger partial charge in [-0.3, -0.25) is 10.1 Å². The fourth-order valence-corrected chi connectivity index (χ4v) is 1.73. The van der Waals surface area contributed by atoms with Crippen LogP contribution < -0.4 is 5.32 Å². The predicted octanol–water partition coefficient (Wildman–Crippen LogP) is 0.684. The average Bonchev–Trinajstić information content (AvgIpc) is 2.39. The minimum absolute atomic E-state index is 0.0687. The zero-order valence-electron chi connectivity index (χ0n) is 10.3. The van der Waals surface area contributed by atoms with Crippen molar-refractivity contribution in [3.63, 3.8) is 0 Å². The van der Waals surface area contributed by atoms with Gasteiger partial charge in [-0.05, 0) is 18.6 Å². The number of nitro groups is 1. The van der Waals surface area contributed by atoms with E-state index >= 15 is 0 Å². The lowest BCUT2D eigenvalue weighted by atomic mass is 10.0. The van der Waals surface area contributed by atoms with Gasteiger partial charge in [-0.25, -0.2) is 0 Å². The predicted molar refractivity (Wildman–Crippen MR) is 70.5 cm³/mol. The minimum atomic E-state index is -1.32. The van der Waals surface area contributed by atoms with Crippen molar-refractivity contribution in [1.82, 2.24) is 0 Å². The molecule has 1 rings (SSSR count).